The fourth-order valence-electron chi connectivity index (χ4n) is 8.30. The smallest absolute Gasteiger partial charge is 0.294 e. The van der Waals surface area contributed by atoms with Crippen LogP contribution < -0.4 is 29.9 Å². The second kappa shape index (κ2) is 23.0. The number of aromatic nitrogens is 6. The summed E-state index contributed by atoms with van der Waals surface area (Å²) in [5.74, 6) is 1.57. The number of rotatable bonds is 20. The average Bonchev–Trinajstić information content (AvgIpc) is 3.96. The van der Waals surface area contributed by atoms with Gasteiger partial charge in [0.15, 0.2) is 0 Å². The number of methoxy groups -OCH3 is 2. The lowest BCUT2D eigenvalue weighted by Crippen LogP contribution is -2.28. The van der Waals surface area contributed by atoms with Crippen LogP contribution in [-0.2, 0) is 13.1 Å². The first-order chi connectivity index (χ1) is 34.6. The number of nitro benzene ring substituents is 2. The molecule has 0 unspecified atom stereocenters. The van der Waals surface area contributed by atoms with Gasteiger partial charge in [0.25, 0.3) is 11.4 Å². The highest BCUT2D eigenvalue weighted by atomic mass is 16.6. The average molecular weight is 979 g/mol. The number of nitrogens with one attached hydrogen (secondary N) is 2. The Hall–Kier alpha value is -8.36. The van der Waals surface area contributed by atoms with Crippen molar-refractivity contribution in [3.63, 3.8) is 0 Å². The van der Waals surface area contributed by atoms with Gasteiger partial charge in [0.1, 0.15) is 22.9 Å². The number of benzene rings is 4. The van der Waals surface area contributed by atoms with Crippen molar-refractivity contribution in [3.05, 3.63) is 130 Å². The highest BCUT2D eigenvalue weighted by Gasteiger charge is 2.25. The summed E-state index contributed by atoms with van der Waals surface area (Å²) in [6.45, 7) is 8.64. The van der Waals surface area contributed by atoms with Crippen molar-refractivity contribution < 1.29 is 19.3 Å². The minimum absolute atomic E-state index is 0.0262. The molecule has 376 valence electrons. The molecule has 0 fully saturated rings. The van der Waals surface area contributed by atoms with E-state index in [-0.39, 0.29) is 21.2 Å². The zero-order chi connectivity index (χ0) is 51.6. The molecule has 0 amide bonds. The van der Waals surface area contributed by atoms with E-state index in [2.05, 4.69) is 80.2 Å². The summed E-state index contributed by atoms with van der Waals surface area (Å²) in [7, 11) is 14.6. The van der Waals surface area contributed by atoms with E-state index in [1.54, 1.807) is 24.5 Å². The number of para-hydroxylation sites is 2. The zero-order valence-corrected chi connectivity index (χ0v) is 42.5. The summed E-state index contributed by atoms with van der Waals surface area (Å²) in [4.78, 5) is 49.0. The Morgan fingerprint density at radius 3 is 1.31 bits per heavy atom. The lowest BCUT2D eigenvalue weighted by atomic mass is 10.1. The SMILES string of the molecule is CCn1cc(-c2ccnc(Nc3cc([N+](=O)[O-])c(N(C)CCN(C)C)cc3OC)n2)c2ccccc21.CCn1cc(-c2ccnc(Nc3cc([N+](=O)[O-])c(N(C)CCN(C)C)cc3OC)n2)c2ccccc21. The van der Waals surface area contributed by atoms with Crippen molar-refractivity contribution in [3.8, 4) is 34.0 Å². The molecule has 0 radical (unpaired) electrons. The summed E-state index contributed by atoms with van der Waals surface area (Å²) < 4.78 is 15.5. The number of ether oxygens (including phenoxy) is 2. The van der Waals surface area contributed by atoms with Gasteiger partial charge in [0.05, 0.1) is 46.8 Å². The molecular weight excluding hydrogens is 917 g/mol. The van der Waals surface area contributed by atoms with Crippen LogP contribution in [0.25, 0.3) is 44.3 Å². The molecule has 0 aliphatic carbocycles. The normalized spacial score (nSPS) is 11.2. The number of nitrogens with zero attached hydrogens (tertiary/aromatic N) is 12. The monoisotopic (exact) mass is 978 g/mol. The number of hydrogen-bond acceptors (Lipinski definition) is 16. The van der Waals surface area contributed by atoms with Crippen molar-refractivity contribution in [2.75, 3.05) is 103 Å². The number of likely N-dealkylation sites (N-methyl/N-ethyl adjacent to an activating group) is 4. The maximum absolute atomic E-state index is 11.9. The van der Waals surface area contributed by atoms with Gasteiger partial charge in [-0.05, 0) is 66.3 Å². The molecule has 0 atom stereocenters. The summed E-state index contributed by atoms with van der Waals surface area (Å²) in [6.07, 6.45) is 7.52. The van der Waals surface area contributed by atoms with Crippen molar-refractivity contribution in [2.45, 2.75) is 26.9 Å². The van der Waals surface area contributed by atoms with E-state index in [1.807, 2.05) is 98.3 Å². The van der Waals surface area contributed by atoms with Gasteiger partial charge in [-0.15, -0.1) is 0 Å². The maximum atomic E-state index is 11.9. The molecule has 0 saturated heterocycles. The Bertz CT molecular complexity index is 2980. The van der Waals surface area contributed by atoms with E-state index < -0.39 is 0 Å². The second-order valence-corrected chi connectivity index (χ2v) is 17.5. The molecular formula is C52H62N14O6. The molecule has 4 heterocycles. The van der Waals surface area contributed by atoms with Crippen molar-refractivity contribution in [1.82, 2.24) is 38.9 Å². The van der Waals surface area contributed by atoms with E-state index in [0.29, 0.717) is 59.2 Å². The minimum Gasteiger partial charge on any atom is -0.494 e. The van der Waals surface area contributed by atoms with E-state index in [0.717, 1.165) is 70.5 Å². The third-order valence-electron chi connectivity index (χ3n) is 12.2. The quantitative estimate of drug-likeness (QED) is 0.0539. The highest BCUT2D eigenvalue weighted by Crippen LogP contribution is 2.41. The molecule has 0 saturated carbocycles. The Kier molecular flexibility index (Phi) is 16.5. The third-order valence-corrected chi connectivity index (χ3v) is 12.2. The van der Waals surface area contributed by atoms with Crippen LogP contribution in [0.3, 0.4) is 0 Å². The van der Waals surface area contributed by atoms with Gasteiger partial charge in [-0.1, -0.05) is 36.4 Å². The van der Waals surface area contributed by atoms with E-state index in [4.69, 9.17) is 19.4 Å². The summed E-state index contributed by atoms with van der Waals surface area (Å²) in [5, 5.41) is 32.3. The summed E-state index contributed by atoms with van der Waals surface area (Å²) in [6, 6.07) is 26.4. The first-order valence-corrected chi connectivity index (χ1v) is 23.5. The Labute approximate surface area is 418 Å². The van der Waals surface area contributed by atoms with Crippen LogP contribution in [-0.4, -0.2) is 131 Å². The first kappa shape index (κ1) is 51.5. The van der Waals surface area contributed by atoms with E-state index >= 15 is 0 Å². The fourth-order valence-corrected chi connectivity index (χ4v) is 8.30. The van der Waals surface area contributed by atoms with Gasteiger partial charge in [-0.2, -0.15) is 0 Å². The Morgan fingerprint density at radius 2 is 0.958 bits per heavy atom. The Morgan fingerprint density at radius 1 is 0.569 bits per heavy atom. The van der Waals surface area contributed by atoms with Crippen LogP contribution >= 0.6 is 0 Å². The van der Waals surface area contributed by atoms with E-state index in [9.17, 15) is 20.2 Å². The molecule has 72 heavy (non-hydrogen) atoms. The van der Waals surface area contributed by atoms with Gasteiger partial charge < -0.3 is 48.8 Å². The van der Waals surface area contributed by atoms with Crippen LogP contribution in [0.4, 0.5) is 46.0 Å². The highest BCUT2D eigenvalue weighted by molar-refractivity contribution is 5.96. The van der Waals surface area contributed by atoms with Crippen LogP contribution in [0.2, 0.25) is 0 Å². The topological polar surface area (TPSA) is 203 Å². The van der Waals surface area contributed by atoms with Crippen molar-refractivity contribution in [2.24, 2.45) is 0 Å². The molecule has 20 heteroatoms. The minimum atomic E-state index is -0.386. The molecule has 0 spiro atoms. The van der Waals surface area contributed by atoms with Gasteiger partial charge in [-0.3, -0.25) is 20.2 Å². The summed E-state index contributed by atoms with van der Waals surface area (Å²) >= 11 is 0. The number of fused-ring (bicyclic) bond motifs is 2. The van der Waals surface area contributed by atoms with Crippen LogP contribution in [0.1, 0.15) is 13.8 Å². The molecule has 8 rings (SSSR count). The van der Waals surface area contributed by atoms with Gasteiger partial charge >= 0.3 is 0 Å². The lowest BCUT2D eigenvalue weighted by Gasteiger charge is -2.22. The van der Waals surface area contributed by atoms with Gasteiger partial charge in [-0.25, -0.2) is 19.9 Å². The maximum Gasteiger partial charge on any atom is 0.294 e. The third kappa shape index (κ3) is 11.6. The van der Waals surface area contributed by atoms with Crippen molar-refractivity contribution in [1.29, 1.82) is 0 Å². The van der Waals surface area contributed by atoms with E-state index in [1.165, 1.54) is 26.4 Å². The molecule has 2 N–H and O–H groups in total. The van der Waals surface area contributed by atoms with Crippen LogP contribution in [0, 0.1) is 20.2 Å². The van der Waals surface area contributed by atoms with Gasteiger partial charge in [0.2, 0.25) is 11.9 Å². The predicted molar refractivity (Wildman–Crippen MR) is 287 cm³/mol. The number of anilines is 6. The number of nitro groups is 2. The zero-order valence-electron chi connectivity index (χ0n) is 42.5. The van der Waals surface area contributed by atoms with Crippen LogP contribution in [0.15, 0.2) is 110 Å². The number of aryl methyl sites for hydroxylation is 2. The predicted octanol–water partition coefficient (Wildman–Crippen LogP) is 9.55. The second-order valence-electron chi connectivity index (χ2n) is 17.5. The first-order valence-electron chi connectivity index (χ1n) is 23.5. The fraction of sp³-hybridized carbons (Fsp3) is 0.308. The van der Waals surface area contributed by atoms with Crippen molar-refractivity contribution >= 4 is 67.8 Å². The lowest BCUT2D eigenvalue weighted by molar-refractivity contribution is -0.384. The standard InChI is InChI=1S/2C26H31N7O3/c2*1-6-32-17-19(18-9-7-8-10-22(18)32)20-11-12-27-26(28-20)29-21-15-24(33(34)35)23(16-25(21)36-5)31(4)14-13-30(2)3/h2*7-12,15-17H,6,13-14H2,1-5H3,(H,27,28,29). The molecule has 0 aliphatic heterocycles. The molecule has 0 aliphatic rings. The Balaban J connectivity index is 0.000000211. The van der Waals surface area contributed by atoms with Crippen LogP contribution in [0.5, 0.6) is 11.5 Å². The summed E-state index contributed by atoms with van der Waals surface area (Å²) in [5.41, 5.74) is 7.50. The molecule has 4 aromatic heterocycles. The molecule has 20 nitrogen and oxygen atoms in total. The molecule has 8 aromatic rings. The molecule has 0 bridgehead atoms. The largest absolute Gasteiger partial charge is 0.494 e. The number of hydrogen-bond donors (Lipinski definition) is 2. The molecule has 4 aromatic carbocycles. The van der Waals surface area contributed by atoms with Gasteiger partial charge in [0, 0.05) is 135 Å².